The Balaban J connectivity index is 1.89. The molecule has 0 spiro atoms. The van der Waals surface area contributed by atoms with Crippen molar-refractivity contribution in [2.45, 2.75) is 12.6 Å². The number of nitrogens with one attached hydrogen (secondary N) is 1. The molecule has 18 heavy (non-hydrogen) atoms. The lowest BCUT2D eigenvalue weighted by Crippen LogP contribution is -2.47. The Morgan fingerprint density at radius 3 is 3.11 bits per heavy atom. The van der Waals surface area contributed by atoms with Gasteiger partial charge in [0.25, 0.3) is 0 Å². The van der Waals surface area contributed by atoms with Crippen molar-refractivity contribution in [3.8, 4) is 0 Å². The van der Waals surface area contributed by atoms with Gasteiger partial charge in [0.1, 0.15) is 5.82 Å². The third kappa shape index (κ3) is 3.92. The lowest BCUT2D eigenvalue weighted by Gasteiger charge is -2.28. The van der Waals surface area contributed by atoms with Gasteiger partial charge in [-0.1, -0.05) is 11.6 Å². The summed E-state index contributed by atoms with van der Waals surface area (Å²) in [5.74, 6) is -0.209. The molecule has 1 unspecified atom stereocenters. The zero-order valence-corrected chi connectivity index (χ0v) is 11.2. The maximum atomic E-state index is 13.6. The molecule has 5 heteroatoms. The van der Waals surface area contributed by atoms with Crippen LogP contribution in [0.25, 0.3) is 0 Å². The Kier molecular flexibility index (Phi) is 4.95. The highest BCUT2D eigenvalue weighted by molar-refractivity contribution is 6.30. The second kappa shape index (κ2) is 6.48. The van der Waals surface area contributed by atoms with Gasteiger partial charge in [-0.3, -0.25) is 0 Å². The Morgan fingerprint density at radius 2 is 2.39 bits per heavy atom. The number of rotatable bonds is 4. The standard InChI is InChI=1S/C13H18ClFN2O/c1-17(8-12-9-18-5-4-16-12)7-10-6-11(14)2-3-13(10)15/h2-3,6,12,16H,4-5,7-9H2,1H3. The van der Waals surface area contributed by atoms with Gasteiger partial charge in [-0.05, 0) is 25.2 Å². The molecule has 3 nitrogen and oxygen atoms in total. The maximum absolute atomic E-state index is 13.6. The summed E-state index contributed by atoms with van der Waals surface area (Å²) in [6.07, 6.45) is 0. The predicted molar refractivity (Wildman–Crippen MR) is 70.4 cm³/mol. The van der Waals surface area contributed by atoms with Crippen molar-refractivity contribution >= 4 is 11.6 Å². The minimum absolute atomic E-state index is 0.209. The fourth-order valence-corrected chi connectivity index (χ4v) is 2.33. The number of benzene rings is 1. The Morgan fingerprint density at radius 1 is 1.56 bits per heavy atom. The fourth-order valence-electron chi connectivity index (χ4n) is 2.13. The predicted octanol–water partition coefficient (Wildman–Crippen LogP) is 1.90. The number of halogens is 2. The van der Waals surface area contributed by atoms with Gasteiger partial charge in [-0.25, -0.2) is 4.39 Å². The molecule has 2 rings (SSSR count). The third-order valence-corrected chi connectivity index (χ3v) is 3.21. The van der Waals surface area contributed by atoms with Crippen molar-refractivity contribution in [1.29, 1.82) is 0 Å². The van der Waals surface area contributed by atoms with E-state index in [9.17, 15) is 4.39 Å². The number of likely N-dealkylation sites (N-methyl/N-ethyl adjacent to an activating group) is 1. The summed E-state index contributed by atoms with van der Waals surface area (Å²) in [7, 11) is 1.97. The van der Waals surface area contributed by atoms with E-state index in [0.717, 1.165) is 19.7 Å². The molecule has 1 aliphatic heterocycles. The van der Waals surface area contributed by atoms with E-state index < -0.39 is 0 Å². The molecule has 1 atom stereocenters. The van der Waals surface area contributed by atoms with Crippen LogP contribution in [-0.4, -0.2) is 44.3 Å². The van der Waals surface area contributed by atoms with Crippen LogP contribution in [0.2, 0.25) is 5.02 Å². The van der Waals surface area contributed by atoms with E-state index in [4.69, 9.17) is 16.3 Å². The van der Waals surface area contributed by atoms with Crippen molar-refractivity contribution in [1.82, 2.24) is 10.2 Å². The van der Waals surface area contributed by atoms with Crippen molar-refractivity contribution in [3.05, 3.63) is 34.6 Å². The van der Waals surface area contributed by atoms with E-state index in [-0.39, 0.29) is 5.82 Å². The normalized spacial score (nSPS) is 20.3. The quantitative estimate of drug-likeness (QED) is 0.906. The summed E-state index contributed by atoms with van der Waals surface area (Å²) in [5, 5.41) is 3.94. The smallest absolute Gasteiger partial charge is 0.127 e. The maximum Gasteiger partial charge on any atom is 0.127 e. The van der Waals surface area contributed by atoms with E-state index in [2.05, 4.69) is 10.2 Å². The van der Waals surface area contributed by atoms with Gasteiger partial charge in [0.15, 0.2) is 0 Å². The van der Waals surface area contributed by atoms with Crippen LogP contribution < -0.4 is 5.32 Å². The molecule has 1 aliphatic rings. The molecule has 0 saturated carbocycles. The van der Waals surface area contributed by atoms with Crippen LogP contribution in [0, 0.1) is 5.82 Å². The molecule has 1 saturated heterocycles. The summed E-state index contributed by atoms with van der Waals surface area (Å²) < 4.78 is 19.0. The molecule has 0 bridgehead atoms. The summed E-state index contributed by atoms with van der Waals surface area (Å²) in [6.45, 7) is 3.73. The highest BCUT2D eigenvalue weighted by Crippen LogP contribution is 2.16. The highest BCUT2D eigenvalue weighted by Gasteiger charge is 2.16. The van der Waals surface area contributed by atoms with E-state index >= 15 is 0 Å². The summed E-state index contributed by atoms with van der Waals surface area (Å²) in [5.41, 5.74) is 0.627. The van der Waals surface area contributed by atoms with Crippen LogP contribution in [0.5, 0.6) is 0 Å². The van der Waals surface area contributed by atoms with Gasteiger partial charge < -0.3 is 15.0 Å². The minimum Gasteiger partial charge on any atom is -0.378 e. The zero-order chi connectivity index (χ0) is 13.0. The van der Waals surface area contributed by atoms with E-state index in [1.807, 2.05) is 7.05 Å². The lowest BCUT2D eigenvalue weighted by atomic mass is 10.2. The molecular formula is C13H18ClFN2O. The lowest BCUT2D eigenvalue weighted by molar-refractivity contribution is 0.0644. The van der Waals surface area contributed by atoms with Crippen LogP contribution in [0.1, 0.15) is 5.56 Å². The second-order valence-electron chi connectivity index (χ2n) is 4.66. The van der Waals surface area contributed by atoms with Gasteiger partial charge in [-0.2, -0.15) is 0 Å². The number of morpholine rings is 1. The number of hydrogen-bond acceptors (Lipinski definition) is 3. The molecule has 1 fully saturated rings. The van der Waals surface area contributed by atoms with E-state index in [1.165, 1.54) is 6.07 Å². The van der Waals surface area contributed by atoms with Gasteiger partial charge in [0, 0.05) is 36.3 Å². The fraction of sp³-hybridized carbons (Fsp3) is 0.538. The molecule has 0 amide bonds. The molecule has 1 N–H and O–H groups in total. The molecule has 0 aromatic heterocycles. The molecule has 1 heterocycles. The first-order chi connectivity index (χ1) is 8.65. The molecular weight excluding hydrogens is 255 g/mol. The van der Waals surface area contributed by atoms with Gasteiger partial charge >= 0.3 is 0 Å². The first kappa shape index (κ1) is 13.7. The van der Waals surface area contributed by atoms with Crippen LogP contribution in [0.4, 0.5) is 4.39 Å². The van der Waals surface area contributed by atoms with Crippen molar-refractivity contribution < 1.29 is 9.13 Å². The highest BCUT2D eigenvalue weighted by atomic mass is 35.5. The number of hydrogen-bond donors (Lipinski definition) is 1. The van der Waals surface area contributed by atoms with Crippen LogP contribution in [0.3, 0.4) is 0 Å². The van der Waals surface area contributed by atoms with E-state index in [0.29, 0.717) is 29.8 Å². The van der Waals surface area contributed by atoms with Crippen molar-refractivity contribution in [2.75, 3.05) is 33.4 Å². The zero-order valence-electron chi connectivity index (χ0n) is 10.5. The monoisotopic (exact) mass is 272 g/mol. The molecule has 100 valence electrons. The van der Waals surface area contributed by atoms with Crippen molar-refractivity contribution in [2.24, 2.45) is 0 Å². The molecule has 0 aliphatic carbocycles. The first-order valence-electron chi connectivity index (χ1n) is 6.09. The first-order valence-corrected chi connectivity index (χ1v) is 6.46. The van der Waals surface area contributed by atoms with Gasteiger partial charge in [-0.15, -0.1) is 0 Å². The van der Waals surface area contributed by atoms with E-state index in [1.54, 1.807) is 12.1 Å². The van der Waals surface area contributed by atoms with Gasteiger partial charge in [0.2, 0.25) is 0 Å². The SMILES string of the molecule is CN(Cc1cc(Cl)ccc1F)CC1COCCN1. The Hall–Kier alpha value is -0.680. The van der Waals surface area contributed by atoms with Crippen LogP contribution >= 0.6 is 11.6 Å². The summed E-state index contributed by atoms with van der Waals surface area (Å²) >= 11 is 5.87. The topological polar surface area (TPSA) is 24.5 Å². The average Bonchev–Trinajstić information content (AvgIpc) is 2.35. The minimum atomic E-state index is -0.209. The van der Waals surface area contributed by atoms with Crippen LogP contribution in [0.15, 0.2) is 18.2 Å². The summed E-state index contributed by atoms with van der Waals surface area (Å²) in [6, 6.07) is 4.97. The second-order valence-corrected chi connectivity index (χ2v) is 5.09. The Bertz CT molecular complexity index is 397. The molecule has 0 radical (unpaired) electrons. The molecule has 1 aromatic rings. The Labute approximate surface area is 112 Å². The van der Waals surface area contributed by atoms with Gasteiger partial charge in [0.05, 0.1) is 13.2 Å². The van der Waals surface area contributed by atoms with Crippen molar-refractivity contribution in [3.63, 3.8) is 0 Å². The molecule has 1 aromatic carbocycles. The number of nitrogens with zero attached hydrogens (tertiary/aromatic N) is 1. The van der Waals surface area contributed by atoms with Crippen LogP contribution in [-0.2, 0) is 11.3 Å². The third-order valence-electron chi connectivity index (χ3n) is 2.98. The number of ether oxygens (including phenoxy) is 1. The largest absolute Gasteiger partial charge is 0.378 e. The average molecular weight is 273 g/mol. The summed E-state index contributed by atoms with van der Waals surface area (Å²) in [4.78, 5) is 2.07.